The Hall–Kier alpha value is -1.49. The smallest absolute Gasteiger partial charge is 0.327 e. The van der Waals surface area contributed by atoms with E-state index in [0.29, 0.717) is 12.2 Å². The highest BCUT2D eigenvalue weighted by molar-refractivity contribution is 8.00. The lowest BCUT2D eigenvalue weighted by atomic mass is 10.0. The van der Waals surface area contributed by atoms with Crippen LogP contribution in [-0.2, 0) is 16.0 Å². The van der Waals surface area contributed by atoms with E-state index >= 15 is 0 Å². The summed E-state index contributed by atoms with van der Waals surface area (Å²) in [7, 11) is 0. The minimum absolute atomic E-state index is 0.179. The number of hydrogen-bond donors (Lipinski definition) is 2. The average molecular weight is 279 g/mol. The molecule has 1 heterocycles. The van der Waals surface area contributed by atoms with Gasteiger partial charge in [-0.15, -0.1) is 11.8 Å². The fourth-order valence-electron chi connectivity index (χ4n) is 2.02. The molecule has 0 bridgehead atoms. The van der Waals surface area contributed by atoms with E-state index in [1.54, 1.807) is 0 Å². The third kappa shape index (κ3) is 3.29. The monoisotopic (exact) mass is 279 g/mol. The highest BCUT2D eigenvalue weighted by atomic mass is 32.2. The molecule has 102 valence electrons. The molecule has 0 saturated carbocycles. The lowest BCUT2D eigenvalue weighted by Crippen LogP contribution is -2.51. The number of aliphatic carboxylic acids is 1. The molecule has 1 aliphatic rings. The van der Waals surface area contributed by atoms with Gasteiger partial charge in [0.1, 0.15) is 6.04 Å². The molecule has 1 aromatic rings. The van der Waals surface area contributed by atoms with Crippen molar-refractivity contribution in [3.63, 3.8) is 0 Å². The highest BCUT2D eigenvalue weighted by Gasteiger charge is 2.32. The lowest BCUT2D eigenvalue weighted by Gasteiger charge is -2.26. The van der Waals surface area contributed by atoms with Crippen molar-refractivity contribution < 1.29 is 14.7 Å². The van der Waals surface area contributed by atoms with Gasteiger partial charge in [-0.2, -0.15) is 0 Å². The van der Waals surface area contributed by atoms with Crippen LogP contribution in [0.1, 0.15) is 16.7 Å². The van der Waals surface area contributed by atoms with E-state index in [1.807, 2.05) is 13.0 Å². The highest BCUT2D eigenvalue weighted by Crippen LogP contribution is 2.23. The number of amides is 1. The summed E-state index contributed by atoms with van der Waals surface area (Å²) in [5.41, 5.74) is 3.56. The van der Waals surface area contributed by atoms with E-state index in [0.717, 1.165) is 5.56 Å². The molecule has 19 heavy (non-hydrogen) atoms. The molecule has 1 saturated heterocycles. The zero-order chi connectivity index (χ0) is 14.0. The summed E-state index contributed by atoms with van der Waals surface area (Å²) in [5.74, 6) is -0.719. The third-order valence-electron chi connectivity index (χ3n) is 3.36. The van der Waals surface area contributed by atoms with Crippen LogP contribution in [0.15, 0.2) is 18.2 Å². The van der Waals surface area contributed by atoms with Crippen LogP contribution in [0.5, 0.6) is 0 Å². The maximum absolute atomic E-state index is 11.9. The van der Waals surface area contributed by atoms with Crippen LogP contribution in [0.4, 0.5) is 0 Å². The Kier molecular flexibility index (Phi) is 4.14. The zero-order valence-electron chi connectivity index (χ0n) is 11.0. The first-order chi connectivity index (χ1) is 8.97. The molecule has 4 nitrogen and oxygen atoms in total. The largest absolute Gasteiger partial charge is 0.480 e. The Labute approximate surface area is 116 Å². The molecule has 5 heteroatoms. The molecule has 1 fully saturated rings. The number of aryl methyl sites for hydroxylation is 2. The van der Waals surface area contributed by atoms with Crippen molar-refractivity contribution in [3.05, 3.63) is 34.9 Å². The van der Waals surface area contributed by atoms with Gasteiger partial charge < -0.3 is 10.4 Å². The van der Waals surface area contributed by atoms with Gasteiger partial charge in [0.15, 0.2) is 0 Å². The van der Waals surface area contributed by atoms with Crippen LogP contribution in [-0.4, -0.2) is 34.0 Å². The minimum Gasteiger partial charge on any atom is -0.480 e. The molecule has 2 N–H and O–H groups in total. The molecule has 1 amide bonds. The van der Waals surface area contributed by atoms with Crippen molar-refractivity contribution >= 4 is 23.6 Å². The standard InChI is InChI=1S/C14H17NO3S/c1-8-3-4-10(5-9(8)2)6-12-13(16)15-11(7-19-12)14(17)18/h3-5,11-12H,6-7H2,1-2H3,(H,15,16)(H,17,18)/t11-,12+/m0/s1. The van der Waals surface area contributed by atoms with Crippen LogP contribution in [0.2, 0.25) is 0 Å². The van der Waals surface area contributed by atoms with Crippen molar-refractivity contribution in [2.45, 2.75) is 31.6 Å². The van der Waals surface area contributed by atoms with Crippen LogP contribution in [0.3, 0.4) is 0 Å². The van der Waals surface area contributed by atoms with Gasteiger partial charge in [-0.05, 0) is 37.0 Å². The number of hydrogen-bond acceptors (Lipinski definition) is 3. The van der Waals surface area contributed by atoms with E-state index in [2.05, 4.69) is 24.4 Å². The first-order valence-corrected chi connectivity index (χ1v) is 7.23. The molecule has 0 aliphatic carbocycles. The van der Waals surface area contributed by atoms with Crippen LogP contribution in [0.25, 0.3) is 0 Å². The molecule has 0 radical (unpaired) electrons. The number of thioether (sulfide) groups is 1. The van der Waals surface area contributed by atoms with Gasteiger partial charge in [0.05, 0.1) is 5.25 Å². The fourth-order valence-corrected chi connectivity index (χ4v) is 3.20. The summed E-state index contributed by atoms with van der Waals surface area (Å²) in [6, 6.07) is 5.41. The van der Waals surface area contributed by atoms with Gasteiger partial charge in [0.25, 0.3) is 0 Å². The predicted octanol–water partition coefficient (Wildman–Crippen LogP) is 1.53. The number of carbonyl (C=O) groups is 2. The summed E-state index contributed by atoms with van der Waals surface area (Å²) in [6.45, 7) is 4.10. The molecule has 2 atom stereocenters. The van der Waals surface area contributed by atoms with Gasteiger partial charge in [-0.25, -0.2) is 4.79 Å². The van der Waals surface area contributed by atoms with Crippen LogP contribution < -0.4 is 5.32 Å². The van der Waals surface area contributed by atoms with Crippen molar-refractivity contribution in [2.24, 2.45) is 0 Å². The fraction of sp³-hybridized carbons (Fsp3) is 0.429. The number of benzene rings is 1. The van der Waals surface area contributed by atoms with Crippen LogP contribution >= 0.6 is 11.8 Å². The molecular weight excluding hydrogens is 262 g/mol. The van der Waals surface area contributed by atoms with Gasteiger partial charge in [-0.1, -0.05) is 18.2 Å². The molecule has 0 aromatic heterocycles. The second kappa shape index (κ2) is 5.65. The number of carboxylic acids is 1. The first kappa shape index (κ1) is 13.9. The molecular formula is C14H17NO3S. The summed E-state index contributed by atoms with van der Waals surface area (Å²) in [4.78, 5) is 22.7. The number of carbonyl (C=O) groups excluding carboxylic acids is 1. The van der Waals surface area contributed by atoms with Gasteiger partial charge in [0.2, 0.25) is 5.91 Å². The summed E-state index contributed by atoms with van der Waals surface area (Å²) in [5, 5.41) is 11.2. The second-order valence-corrected chi connectivity index (χ2v) is 6.08. The van der Waals surface area contributed by atoms with E-state index in [4.69, 9.17) is 5.11 Å². The van der Waals surface area contributed by atoms with Crippen molar-refractivity contribution in [3.8, 4) is 0 Å². The Morgan fingerprint density at radius 1 is 1.42 bits per heavy atom. The van der Waals surface area contributed by atoms with Crippen molar-refractivity contribution in [2.75, 3.05) is 5.75 Å². The van der Waals surface area contributed by atoms with Gasteiger partial charge in [0, 0.05) is 5.75 Å². The summed E-state index contributed by atoms with van der Waals surface area (Å²) in [6.07, 6.45) is 0.643. The number of carboxylic acid groups (broad SMARTS) is 1. The maximum atomic E-state index is 11.9. The van der Waals surface area contributed by atoms with Crippen molar-refractivity contribution in [1.82, 2.24) is 5.32 Å². The van der Waals surface area contributed by atoms with Crippen LogP contribution in [0, 0.1) is 13.8 Å². The van der Waals surface area contributed by atoms with E-state index in [-0.39, 0.29) is 11.2 Å². The van der Waals surface area contributed by atoms with E-state index < -0.39 is 12.0 Å². The zero-order valence-corrected chi connectivity index (χ0v) is 11.8. The van der Waals surface area contributed by atoms with Gasteiger partial charge >= 0.3 is 5.97 Å². The SMILES string of the molecule is Cc1ccc(C[C@H]2SC[C@@H](C(=O)O)NC2=O)cc1C. The second-order valence-electron chi connectivity index (χ2n) is 4.84. The Morgan fingerprint density at radius 3 is 2.74 bits per heavy atom. The molecule has 0 spiro atoms. The summed E-state index contributed by atoms with van der Waals surface area (Å²) >= 11 is 1.42. The molecule has 1 aromatic carbocycles. The third-order valence-corrected chi connectivity index (χ3v) is 4.67. The predicted molar refractivity (Wildman–Crippen MR) is 75.4 cm³/mol. The molecule has 0 unspecified atom stereocenters. The van der Waals surface area contributed by atoms with Gasteiger partial charge in [-0.3, -0.25) is 4.79 Å². The van der Waals surface area contributed by atoms with E-state index in [1.165, 1.54) is 22.9 Å². The van der Waals surface area contributed by atoms with Crippen molar-refractivity contribution in [1.29, 1.82) is 0 Å². The number of nitrogens with one attached hydrogen (secondary N) is 1. The topological polar surface area (TPSA) is 66.4 Å². The first-order valence-electron chi connectivity index (χ1n) is 6.18. The molecule has 1 aliphatic heterocycles. The summed E-state index contributed by atoms with van der Waals surface area (Å²) < 4.78 is 0. The lowest BCUT2D eigenvalue weighted by molar-refractivity contribution is -0.141. The van der Waals surface area contributed by atoms with E-state index in [9.17, 15) is 9.59 Å². The Balaban J connectivity index is 2.02. The normalized spacial score (nSPS) is 22.9. The Bertz CT molecular complexity index is 515. The Morgan fingerprint density at radius 2 is 2.16 bits per heavy atom. The average Bonchev–Trinajstić information content (AvgIpc) is 2.36. The number of rotatable bonds is 3. The molecule has 2 rings (SSSR count). The quantitative estimate of drug-likeness (QED) is 0.880. The minimum atomic E-state index is -0.967. The maximum Gasteiger partial charge on any atom is 0.327 e.